The van der Waals surface area contributed by atoms with Gasteiger partial charge < -0.3 is 0 Å². The Kier molecular flexibility index (Phi) is 2.99. The highest BCUT2D eigenvalue weighted by molar-refractivity contribution is 5.83. The third-order valence-electron chi connectivity index (χ3n) is 2.43. The number of benzene rings is 1. The molecule has 0 aliphatic carbocycles. The van der Waals surface area contributed by atoms with E-state index in [-0.39, 0.29) is 11.9 Å². The molecule has 4 nitrogen and oxygen atoms in total. The second-order valence-corrected chi connectivity index (χ2v) is 3.99. The summed E-state index contributed by atoms with van der Waals surface area (Å²) in [6, 6.07) is 5.99. The van der Waals surface area contributed by atoms with Gasteiger partial charge in [-0.25, -0.2) is 9.07 Å². The number of hydrogen-bond acceptors (Lipinski definition) is 3. The molecule has 0 N–H and O–H groups in total. The van der Waals surface area contributed by atoms with Crippen molar-refractivity contribution in [2.24, 2.45) is 0 Å². The van der Waals surface area contributed by atoms with Crippen LogP contribution < -0.4 is 0 Å². The summed E-state index contributed by atoms with van der Waals surface area (Å²) in [6.07, 6.45) is 0.695. The molecular formula is C12H12FN3O. The van der Waals surface area contributed by atoms with Crippen LogP contribution in [0.15, 0.2) is 24.3 Å². The van der Waals surface area contributed by atoms with Crippen molar-refractivity contribution in [2.45, 2.75) is 19.9 Å². The standard InChI is InChI=1S/C12H12FN3O/c1-8(2)16-11(7-17)12(14-15-16)9-4-3-5-10(13)6-9/h3-8H,1-2H3. The fourth-order valence-corrected chi connectivity index (χ4v) is 1.63. The first kappa shape index (κ1) is 11.4. The van der Waals surface area contributed by atoms with E-state index < -0.39 is 0 Å². The predicted octanol–water partition coefficient (Wildman–Crippen LogP) is 2.48. The molecule has 0 fully saturated rings. The van der Waals surface area contributed by atoms with E-state index in [2.05, 4.69) is 10.3 Å². The summed E-state index contributed by atoms with van der Waals surface area (Å²) >= 11 is 0. The molecular weight excluding hydrogens is 221 g/mol. The van der Waals surface area contributed by atoms with Gasteiger partial charge in [0.1, 0.15) is 17.2 Å². The van der Waals surface area contributed by atoms with Crippen LogP contribution in [0.1, 0.15) is 30.4 Å². The third-order valence-corrected chi connectivity index (χ3v) is 2.43. The maximum atomic E-state index is 13.1. The van der Waals surface area contributed by atoms with Gasteiger partial charge in [-0.05, 0) is 26.0 Å². The van der Waals surface area contributed by atoms with E-state index in [0.717, 1.165) is 0 Å². The van der Waals surface area contributed by atoms with Gasteiger partial charge in [-0.3, -0.25) is 4.79 Å². The summed E-state index contributed by atoms with van der Waals surface area (Å²) in [7, 11) is 0. The predicted molar refractivity (Wildman–Crippen MR) is 61.2 cm³/mol. The van der Waals surface area contributed by atoms with Gasteiger partial charge in [0.15, 0.2) is 6.29 Å². The highest BCUT2D eigenvalue weighted by Crippen LogP contribution is 2.22. The average Bonchev–Trinajstić information content (AvgIpc) is 2.72. The van der Waals surface area contributed by atoms with Crippen LogP contribution in [0.3, 0.4) is 0 Å². The Labute approximate surface area is 98.1 Å². The summed E-state index contributed by atoms with van der Waals surface area (Å²) in [6.45, 7) is 3.80. The molecule has 0 amide bonds. The lowest BCUT2D eigenvalue weighted by Crippen LogP contribution is -2.07. The van der Waals surface area contributed by atoms with Crippen molar-refractivity contribution >= 4 is 6.29 Å². The van der Waals surface area contributed by atoms with Crippen molar-refractivity contribution in [3.8, 4) is 11.3 Å². The Balaban J connectivity index is 2.56. The van der Waals surface area contributed by atoms with Crippen molar-refractivity contribution in [2.75, 3.05) is 0 Å². The second kappa shape index (κ2) is 4.45. The fraction of sp³-hybridized carbons (Fsp3) is 0.250. The van der Waals surface area contributed by atoms with E-state index in [9.17, 15) is 9.18 Å². The van der Waals surface area contributed by atoms with Crippen LogP contribution in [0.25, 0.3) is 11.3 Å². The molecule has 0 atom stereocenters. The van der Waals surface area contributed by atoms with Gasteiger partial charge >= 0.3 is 0 Å². The third kappa shape index (κ3) is 2.08. The Morgan fingerprint density at radius 2 is 2.18 bits per heavy atom. The molecule has 0 radical (unpaired) electrons. The lowest BCUT2D eigenvalue weighted by atomic mass is 10.1. The monoisotopic (exact) mass is 233 g/mol. The number of rotatable bonds is 3. The minimum atomic E-state index is -0.363. The number of carbonyl (C=O) groups is 1. The highest BCUT2D eigenvalue weighted by atomic mass is 19.1. The largest absolute Gasteiger partial charge is 0.296 e. The minimum Gasteiger partial charge on any atom is -0.296 e. The van der Waals surface area contributed by atoms with Crippen LogP contribution >= 0.6 is 0 Å². The lowest BCUT2D eigenvalue weighted by molar-refractivity contribution is 0.111. The molecule has 0 spiro atoms. The van der Waals surface area contributed by atoms with Crippen molar-refractivity contribution in [1.82, 2.24) is 15.0 Å². The van der Waals surface area contributed by atoms with Crippen molar-refractivity contribution < 1.29 is 9.18 Å². The topological polar surface area (TPSA) is 47.8 Å². The van der Waals surface area contributed by atoms with E-state index in [1.54, 1.807) is 12.1 Å². The first-order chi connectivity index (χ1) is 8.13. The van der Waals surface area contributed by atoms with Gasteiger partial charge in [-0.15, -0.1) is 5.10 Å². The van der Waals surface area contributed by atoms with Gasteiger partial charge in [-0.1, -0.05) is 17.3 Å². The second-order valence-electron chi connectivity index (χ2n) is 3.99. The van der Waals surface area contributed by atoms with Crippen LogP contribution in [-0.4, -0.2) is 21.3 Å². The summed E-state index contributed by atoms with van der Waals surface area (Å²) in [5.41, 5.74) is 1.33. The minimum absolute atomic E-state index is 0.0324. The lowest BCUT2D eigenvalue weighted by Gasteiger charge is -2.05. The highest BCUT2D eigenvalue weighted by Gasteiger charge is 2.15. The van der Waals surface area contributed by atoms with Gasteiger partial charge in [0.05, 0.1) is 0 Å². The molecule has 1 aromatic carbocycles. The number of nitrogens with zero attached hydrogens (tertiary/aromatic N) is 3. The first-order valence-corrected chi connectivity index (χ1v) is 5.29. The molecule has 1 heterocycles. The van der Waals surface area contributed by atoms with Gasteiger partial charge in [-0.2, -0.15) is 0 Å². The maximum Gasteiger partial charge on any atom is 0.170 e. The molecule has 0 saturated carbocycles. The van der Waals surface area contributed by atoms with Gasteiger partial charge in [0.2, 0.25) is 0 Å². The van der Waals surface area contributed by atoms with Crippen molar-refractivity contribution in [1.29, 1.82) is 0 Å². The van der Waals surface area contributed by atoms with Crippen molar-refractivity contribution in [3.05, 3.63) is 35.8 Å². The molecule has 88 valence electrons. The smallest absolute Gasteiger partial charge is 0.170 e. The summed E-state index contributed by atoms with van der Waals surface area (Å²) < 4.78 is 14.6. The first-order valence-electron chi connectivity index (χ1n) is 5.29. The van der Waals surface area contributed by atoms with Crippen LogP contribution in [-0.2, 0) is 0 Å². The molecule has 0 bridgehead atoms. The molecule has 0 aliphatic rings. The molecule has 1 aromatic heterocycles. The van der Waals surface area contributed by atoms with E-state index in [1.807, 2.05) is 13.8 Å². The molecule has 0 aliphatic heterocycles. The van der Waals surface area contributed by atoms with Crippen LogP contribution in [0.4, 0.5) is 4.39 Å². The van der Waals surface area contributed by atoms with E-state index in [1.165, 1.54) is 16.8 Å². The SMILES string of the molecule is CC(C)n1nnc(-c2cccc(F)c2)c1C=O. The Bertz CT molecular complexity index is 548. The van der Waals surface area contributed by atoms with E-state index in [0.29, 0.717) is 23.2 Å². The number of aldehydes is 1. The molecule has 0 unspecified atom stereocenters. The normalized spacial score (nSPS) is 10.8. The fourth-order valence-electron chi connectivity index (χ4n) is 1.63. The molecule has 2 aromatic rings. The number of halogens is 1. The van der Waals surface area contributed by atoms with E-state index in [4.69, 9.17) is 0 Å². The quantitative estimate of drug-likeness (QED) is 0.765. The zero-order valence-electron chi connectivity index (χ0n) is 9.59. The average molecular weight is 233 g/mol. The zero-order chi connectivity index (χ0) is 12.4. The zero-order valence-corrected chi connectivity index (χ0v) is 9.59. The molecule has 5 heteroatoms. The van der Waals surface area contributed by atoms with Crippen LogP contribution in [0.2, 0.25) is 0 Å². The van der Waals surface area contributed by atoms with Gasteiger partial charge in [0.25, 0.3) is 0 Å². The van der Waals surface area contributed by atoms with E-state index >= 15 is 0 Å². The Morgan fingerprint density at radius 1 is 1.41 bits per heavy atom. The number of aromatic nitrogens is 3. The Morgan fingerprint density at radius 3 is 2.76 bits per heavy atom. The van der Waals surface area contributed by atoms with Crippen molar-refractivity contribution in [3.63, 3.8) is 0 Å². The molecule has 17 heavy (non-hydrogen) atoms. The summed E-state index contributed by atoms with van der Waals surface area (Å²) in [5, 5.41) is 7.84. The molecule has 0 saturated heterocycles. The maximum absolute atomic E-state index is 13.1. The van der Waals surface area contributed by atoms with Crippen LogP contribution in [0.5, 0.6) is 0 Å². The molecule has 2 rings (SSSR count). The number of hydrogen-bond donors (Lipinski definition) is 0. The number of carbonyl (C=O) groups excluding carboxylic acids is 1. The van der Waals surface area contributed by atoms with Crippen LogP contribution in [0, 0.1) is 5.82 Å². The van der Waals surface area contributed by atoms with Gasteiger partial charge in [0, 0.05) is 11.6 Å². The Hall–Kier alpha value is -2.04. The summed E-state index contributed by atoms with van der Waals surface area (Å²) in [4.78, 5) is 11.1. The summed E-state index contributed by atoms with van der Waals surface area (Å²) in [5.74, 6) is -0.363.